The molecular weight excluding hydrogens is 421 g/mol. The second-order valence-electron chi connectivity index (χ2n) is 6.98. The van der Waals surface area contributed by atoms with E-state index in [1.54, 1.807) is 20.8 Å². The van der Waals surface area contributed by atoms with E-state index in [-0.39, 0.29) is 22.1 Å². The molecule has 3 N–H and O–H groups in total. The number of carbonyl (C=O) groups excluding carboxylic acids is 1. The van der Waals surface area contributed by atoms with Crippen molar-refractivity contribution in [2.45, 2.75) is 26.3 Å². The van der Waals surface area contributed by atoms with Gasteiger partial charge in [0.05, 0.1) is 10.7 Å². The zero-order chi connectivity index (χ0) is 21.4. The van der Waals surface area contributed by atoms with Gasteiger partial charge in [0.15, 0.2) is 17.5 Å². The van der Waals surface area contributed by atoms with E-state index < -0.39 is 39.1 Å². The molecule has 1 aromatic heterocycles. The van der Waals surface area contributed by atoms with Crippen LogP contribution in [0.1, 0.15) is 31.3 Å². The molecule has 1 heterocycles. The second kappa shape index (κ2) is 7.64. The van der Waals surface area contributed by atoms with Gasteiger partial charge in [0.1, 0.15) is 5.69 Å². The molecular formula is C16H18ClF3N4O3S. The molecule has 0 radical (unpaired) electrons. The molecule has 1 aromatic carbocycles. The molecule has 2 rings (SSSR count). The number of halogens is 4. The van der Waals surface area contributed by atoms with Crippen LogP contribution in [-0.4, -0.2) is 24.4 Å². The van der Waals surface area contributed by atoms with Crippen molar-refractivity contribution < 1.29 is 26.4 Å². The van der Waals surface area contributed by atoms with E-state index >= 15 is 0 Å². The average Bonchev–Trinajstić information content (AvgIpc) is 2.75. The molecule has 0 bridgehead atoms. The maximum absolute atomic E-state index is 13.3. The fraction of sp³-hybridized carbons (Fsp3) is 0.312. The van der Waals surface area contributed by atoms with Gasteiger partial charge in [0.25, 0.3) is 16.1 Å². The summed E-state index contributed by atoms with van der Waals surface area (Å²) in [5, 5.41) is 1.95. The number of anilines is 2. The number of hydrogen-bond donors (Lipinski definition) is 3. The third-order valence-electron chi connectivity index (χ3n) is 3.26. The van der Waals surface area contributed by atoms with Crippen LogP contribution in [-0.2, 0) is 17.3 Å². The summed E-state index contributed by atoms with van der Waals surface area (Å²) in [6.07, 6.45) is 1.25. The Hall–Kier alpha value is -2.24. The van der Waals surface area contributed by atoms with Crippen LogP contribution in [0.5, 0.6) is 0 Å². The highest BCUT2D eigenvalue weighted by molar-refractivity contribution is 7.90. The van der Waals surface area contributed by atoms with E-state index in [1.165, 1.54) is 17.8 Å². The van der Waals surface area contributed by atoms with Crippen molar-refractivity contribution >= 4 is 39.1 Å². The Morgan fingerprint density at radius 3 is 2.18 bits per heavy atom. The van der Waals surface area contributed by atoms with Crippen LogP contribution in [0.3, 0.4) is 0 Å². The molecule has 0 unspecified atom stereocenters. The average molecular weight is 439 g/mol. The molecule has 0 atom stereocenters. The standard InChI is InChI=1S/C16H18ClF3N4O3S/c1-16(2,3)23-28(26,27)22-11-7-24(4)14(12(11)17)15(25)21-8-5-9(18)13(20)10(19)6-8/h5-7,22-23H,1-4H3,(H,21,25). The predicted molar refractivity (Wildman–Crippen MR) is 100 cm³/mol. The van der Waals surface area contributed by atoms with Crippen molar-refractivity contribution in [2.75, 3.05) is 10.0 Å². The summed E-state index contributed by atoms with van der Waals surface area (Å²) in [6, 6.07) is 1.20. The van der Waals surface area contributed by atoms with Crippen molar-refractivity contribution in [3.63, 3.8) is 0 Å². The number of rotatable bonds is 5. The number of benzene rings is 1. The van der Waals surface area contributed by atoms with E-state index in [2.05, 4.69) is 14.8 Å². The van der Waals surface area contributed by atoms with Gasteiger partial charge in [-0.2, -0.15) is 13.1 Å². The van der Waals surface area contributed by atoms with E-state index in [9.17, 15) is 26.4 Å². The SMILES string of the molecule is Cn1cc(NS(=O)(=O)NC(C)(C)C)c(Cl)c1C(=O)Nc1cc(F)c(F)c(F)c1. The van der Waals surface area contributed by atoms with Crippen molar-refractivity contribution in [2.24, 2.45) is 7.05 Å². The minimum absolute atomic E-state index is 0.0810. The quantitative estimate of drug-likeness (QED) is 0.625. The van der Waals surface area contributed by atoms with E-state index in [0.717, 1.165) is 0 Å². The lowest BCUT2D eigenvalue weighted by Gasteiger charge is -2.20. The van der Waals surface area contributed by atoms with Gasteiger partial charge in [-0.15, -0.1) is 0 Å². The number of hydrogen-bond acceptors (Lipinski definition) is 3. The van der Waals surface area contributed by atoms with Crippen LogP contribution in [0, 0.1) is 17.5 Å². The zero-order valence-corrected chi connectivity index (χ0v) is 16.9. The first-order valence-electron chi connectivity index (χ1n) is 7.82. The highest BCUT2D eigenvalue weighted by atomic mass is 35.5. The molecule has 154 valence electrons. The Labute approximate surface area is 165 Å². The minimum atomic E-state index is -3.99. The fourth-order valence-corrected chi connectivity index (χ4v) is 3.99. The highest BCUT2D eigenvalue weighted by Gasteiger charge is 2.25. The third kappa shape index (κ3) is 5.18. The molecule has 0 aliphatic rings. The zero-order valence-electron chi connectivity index (χ0n) is 15.3. The number of nitrogens with one attached hydrogen (secondary N) is 3. The third-order valence-corrected chi connectivity index (χ3v) is 5.01. The normalized spacial score (nSPS) is 12.1. The fourth-order valence-electron chi connectivity index (χ4n) is 2.32. The summed E-state index contributed by atoms with van der Waals surface area (Å²) >= 11 is 6.11. The number of aromatic nitrogens is 1. The molecule has 0 spiro atoms. The van der Waals surface area contributed by atoms with Gasteiger partial charge in [0, 0.05) is 36.6 Å². The Morgan fingerprint density at radius 1 is 1.14 bits per heavy atom. The number of nitrogens with zero attached hydrogens (tertiary/aromatic N) is 1. The van der Waals surface area contributed by atoms with E-state index in [1.807, 2.05) is 0 Å². The van der Waals surface area contributed by atoms with Gasteiger partial charge in [0.2, 0.25) is 0 Å². The van der Waals surface area contributed by atoms with Crippen molar-refractivity contribution in [3.8, 4) is 0 Å². The van der Waals surface area contributed by atoms with Crippen LogP contribution in [0.15, 0.2) is 18.3 Å². The Morgan fingerprint density at radius 2 is 1.68 bits per heavy atom. The van der Waals surface area contributed by atoms with Gasteiger partial charge in [-0.1, -0.05) is 11.6 Å². The predicted octanol–water partition coefficient (Wildman–Crippen LogP) is 3.39. The van der Waals surface area contributed by atoms with Crippen LogP contribution >= 0.6 is 11.6 Å². The first kappa shape index (κ1) is 22.1. The number of carbonyl (C=O) groups is 1. The first-order chi connectivity index (χ1) is 12.7. The lowest BCUT2D eigenvalue weighted by Crippen LogP contribution is -2.43. The molecule has 0 saturated heterocycles. The molecule has 0 fully saturated rings. The highest BCUT2D eigenvalue weighted by Crippen LogP contribution is 2.29. The lowest BCUT2D eigenvalue weighted by molar-refractivity contribution is 0.101. The van der Waals surface area contributed by atoms with Gasteiger partial charge >= 0.3 is 0 Å². The van der Waals surface area contributed by atoms with Crippen LogP contribution in [0.25, 0.3) is 0 Å². The summed E-state index contributed by atoms with van der Waals surface area (Å²) in [5.41, 5.74) is -1.36. The van der Waals surface area contributed by atoms with Gasteiger partial charge in [-0.3, -0.25) is 9.52 Å². The lowest BCUT2D eigenvalue weighted by atomic mass is 10.1. The minimum Gasteiger partial charge on any atom is -0.343 e. The molecule has 1 amide bonds. The Balaban J connectivity index is 2.29. The maximum atomic E-state index is 13.3. The van der Waals surface area contributed by atoms with Crippen LogP contribution in [0.4, 0.5) is 24.5 Å². The monoisotopic (exact) mass is 438 g/mol. The number of amides is 1. The smallest absolute Gasteiger partial charge is 0.299 e. The van der Waals surface area contributed by atoms with Gasteiger partial charge < -0.3 is 9.88 Å². The molecule has 2 aromatic rings. The molecule has 0 aliphatic carbocycles. The first-order valence-corrected chi connectivity index (χ1v) is 9.69. The van der Waals surface area contributed by atoms with Gasteiger partial charge in [-0.05, 0) is 20.8 Å². The van der Waals surface area contributed by atoms with Crippen LogP contribution < -0.4 is 14.8 Å². The largest absolute Gasteiger partial charge is 0.343 e. The summed E-state index contributed by atoms with van der Waals surface area (Å²) in [4.78, 5) is 12.4. The number of aryl methyl sites for hydroxylation is 1. The van der Waals surface area contributed by atoms with Crippen molar-refractivity contribution in [1.82, 2.24) is 9.29 Å². The van der Waals surface area contributed by atoms with Crippen LogP contribution in [0.2, 0.25) is 5.02 Å². The van der Waals surface area contributed by atoms with Crippen molar-refractivity contribution in [1.29, 1.82) is 0 Å². The molecule has 12 heteroatoms. The summed E-state index contributed by atoms with van der Waals surface area (Å²) in [6.45, 7) is 4.91. The van der Waals surface area contributed by atoms with Crippen molar-refractivity contribution in [3.05, 3.63) is 46.5 Å². The summed E-state index contributed by atoms with van der Waals surface area (Å²) < 4.78 is 69.7. The topological polar surface area (TPSA) is 92.2 Å². The molecule has 0 saturated carbocycles. The van der Waals surface area contributed by atoms with Gasteiger partial charge in [-0.25, -0.2) is 13.2 Å². The maximum Gasteiger partial charge on any atom is 0.299 e. The molecule has 28 heavy (non-hydrogen) atoms. The summed E-state index contributed by atoms with van der Waals surface area (Å²) in [7, 11) is -2.57. The molecule has 7 nitrogen and oxygen atoms in total. The summed E-state index contributed by atoms with van der Waals surface area (Å²) in [5.74, 6) is -5.50. The Bertz CT molecular complexity index is 1010. The second-order valence-corrected chi connectivity index (χ2v) is 8.77. The van der Waals surface area contributed by atoms with E-state index in [4.69, 9.17) is 11.6 Å². The molecule has 0 aliphatic heterocycles. The van der Waals surface area contributed by atoms with E-state index in [0.29, 0.717) is 12.1 Å². The Kier molecular flexibility index (Phi) is 6.02.